The summed E-state index contributed by atoms with van der Waals surface area (Å²) in [5.74, 6) is 1.96. The minimum absolute atomic E-state index is 0.518. The highest BCUT2D eigenvalue weighted by atomic mass is 79.9. The molecule has 2 N–H and O–H groups in total. The van der Waals surface area contributed by atoms with Gasteiger partial charge in [-0.05, 0) is 25.0 Å². The number of halogens is 1. The van der Waals surface area contributed by atoms with E-state index in [0.29, 0.717) is 11.7 Å². The summed E-state index contributed by atoms with van der Waals surface area (Å²) in [5, 5.41) is 0. The predicted molar refractivity (Wildman–Crippen MR) is 71.6 cm³/mol. The number of hydrogen-bond donors (Lipinski definition) is 1. The lowest BCUT2D eigenvalue weighted by Crippen LogP contribution is -1.99. The molecule has 17 heavy (non-hydrogen) atoms. The molecule has 1 aromatic heterocycles. The number of nitrogen functional groups attached to an aromatic ring is 1. The van der Waals surface area contributed by atoms with Crippen molar-refractivity contribution in [3.05, 3.63) is 40.6 Å². The molecule has 1 saturated carbocycles. The number of nitrogens with two attached hydrogens (primary N) is 1. The Balaban J connectivity index is 2.07. The molecule has 3 rings (SSSR count). The highest BCUT2D eigenvalue weighted by Gasteiger charge is 2.27. The van der Waals surface area contributed by atoms with Gasteiger partial charge in [0.1, 0.15) is 11.6 Å². The van der Waals surface area contributed by atoms with E-state index in [4.69, 9.17) is 5.73 Å². The molecule has 0 unspecified atom stereocenters. The summed E-state index contributed by atoms with van der Waals surface area (Å²) in [7, 11) is 0. The van der Waals surface area contributed by atoms with Gasteiger partial charge in [0, 0.05) is 22.0 Å². The van der Waals surface area contributed by atoms with Crippen LogP contribution in [0.5, 0.6) is 0 Å². The van der Waals surface area contributed by atoms with Crippen molar-refractivity contribution in [1.29, 1.82) is 0 Å². The second-order valence-corrected chi connectivity index (χ2v) is 5.24. The molecule has 86 valence electrons. The first-order valence-electron chi connectivity index (χ1n) is 5.63. The van der Waals surface area contributed by atoms with Crippen molar-refractivity contribution in [2.45, 2.75) is 18.8 Å². The van der Waals surface area contributed by atoms with Crippen molar-refractivity contribution in [2.24, 2.45) is 0 Å². The topological polar surface area (TPSA) is 51.8 Å². The van der Waals surface area contributed by atoms with Crippen LogP contribution in [0.3, 0.4) is 0 Å². The van der Waals surface area contributed by atoms with Gasteiger partial charge in [0.2, 0.25) is 0 Å². The van der Waals surface area contributed by atoms with Gasteiger partial charge >= 0.3 is 0 Å². The van der Waals surface area contributed by atoms with Gasteiger partial charge in [-0.2, -0.15) is 0 Å². The van der Waals surface area contributed by atoms with Crippen LogP contribution in [0, 0.1) is 0 Å². The van der Waals surface area contributed by atoms with Gasteiger partial charge in [0.05, 0.1) is 5.69 Å². The number of rotatable bonds is 2. The molecule has 1 aliphatic rings. The van der Waals surface area contributed by atoms with Crippen molar-refractivity contribution in [2.75, 3.05) is 5.73 Å². The number of hydrogen-bond acceptors (Lipinski definition) is 3. The van der Waals surface area contributed by atoms with Crippen LogP contribution < -0.4 is 5.73 Å². The molecule has 3 nitrogen and oxygen atoms in total. The minimum atomic E-state index is 0.518. The molecule has 0 radical (unpaired) electrons. The summed E-state index contributed by atoms with van der Waals surface area (Å²) in [5.41, 5.74) is 7.81. The van der Waals surface area contributed by atoms with Gasteiger partial charge < -0.3 is 5.73 Å². The van der Waals surface area contributed by atoms with E-state index in [0.717, 1.165) is 21.6 Å². The zero-order chi connectivity index (χ0) is 11.8. The monoisotopic (exact) mass is 289 g/mol. The van der Waals surface area contributed by atoms with Crippen LogP contribution in [0.1, 0.15) is 24.6 Å². The van der Waals surface area contributed by atoms with Gasteiger partial charge in [-0.15, -0.1) is 0 Å². The van der Waals surface area contributed by atoms with Gasteiger partial charge in [-0.1, -0.05) is 28.1 Å². The highest BCUT2D eigenvalue weighted by molar-refractivity contribution is 9.10. The first-order chi connectivity index (χ1) is 8.22. The highest BCUT2D eigenvalue weighted by Crippen LogP contribution is 2.39. The van der Waals surface area contributed by atoms with E-state index in [1.54, 1.807) is 0 Å². The molecule has 1 aliphatic carbocycles. The summed E-state index contributed by atoms with van der Waals surface area (Å²) in [6.45, 7) is 0. The number of anilines is 1. The molecule has 0 spiro atoms. The van der Waals surface area contributed by atoms with E-state index in [1.165, 1.54) is 12.8 Å². The molecule has 1 fully saturated rings. The van der Waals surface area contributed by atoms with Crippen LogP contribution in [-0.2, 0) is 0 Å². The Morgan fingerprint density at radius 1 is 1.18 bits per heavy atom. The standard InChI is InChI=1S/C13H12BrN3/c14-10-3-1-2-9(6-10)11-7-12(15)17-13(16-11)8-4-5-8/h1-3,6-8H,4-5H2,(H2,15,16,17). The molecule has 0 saturated heterocycles. The zero-order valence-corrected chi connectivity index (χ0v) is 10.8. The van der Waals surface area contributed by atoms with E-state index in [1.807, 2.05) is 30.3 Å². The molecular weight excluding hydrogens is 278 g/mol. The Morgan fingerprint density at radius 2 is 2.00 bits per heavy atom. The lowest BCUT2D eigenvalue weighted by molar-refractivity contribution is 0.936. The summed E-state index contributed by atoms with van der Waals surface area (Å²) in [6, 6.07) is 9.89. The molecule has 0 amide bonds. The lowest BCUT2D eigenvalue weighted by atomic mass is 10.1. The second kappa shape index (κ2) is 4.11. The van der Waals surface area contributed by atoms with Gasteiger partial charge in [-0.25, -0.2) is 9.97 Å². The Kier molecular flexibility index (Phi) is 2.59. The predicted octanol–water partition coefficient (Wildman–Crippen LogP) is 3.37. The fourth-order valence-corrected chi connectivity index (χ4v) is 2.20. The van der Waals surface area contributed by atoms with Gasteiger partial charge in [0.15, 0.2) is 0 Å². The van der Waals surface area contributed by atoms with E-state index in [2.05, 4.69) is 25.9 Å². The van der Waals surface area contributed by atoms with Crippen LogP contribution in [0.15, 0.2) is 34.8 Å². The van der Waals surface area contributed by atoms with E-state index < -0.39 is 0 Å². The normalized spacial score (nSPS) is 14.9. The smallest absolute Gasteiger partial charge is 0.134 e. The Labute approximate surface area is 108 Å². The number of aromatic nitrogens is 2. The van der Waals surface area contributed by atoms with Crippen LogP contribution >= 0.6 is 15.9 Å². The largest absolute Gasteiger partial charge is 0.384 e. The molecule has 0 aliphatic heterocycles. The summed E-state index contributed by atoms with van der Waals surface area (Å²) >= 11 is 3.46. The molecule has 4 heteroatoms. The third kappa shape index (κ3) is 2.31. The van der Waals surface area contributed by atoms with Crippen molar-refractivity contribution < 1.29 is 0 Å². The van der Waals surface area contributed by atoms with Crippen molar-refractivity contribution in [3.63, 3.8) is 0 Å². The Morgan fingerprint density at radius 3 is 2.71 bits per heavy atom. The molecule has 1 aromatic carbocycles. The average Bonchev–Trinajstić information content (AvgIpc) is 3.12. The molecule has 0 atom stereocenters. The summed E-state index contributed by atoms with van der Waals surface area (Å²) in [4.78, 5) is 8.89. The Bertz CT molecular complexity index is 564. The minimum Gasteiger partial charge on any atom is -0.384 e. The first-order valence-corrected chi connectivity index (χ1v) is 6.42. The van der Waals surface area contributed by atoms with E-state index in [-0.39, 0.29) is 0 Å². The van der Waals surface area contributed by atoms with Crippen molar-refractivity contribution >= 4 is 21.7 Å². The summed E-state index contributed by atoms with van der Waals surface area (Å²) < 4.78 is 1.04. The fraction of sp³-hybridized carbons (Fsp3) is 0.231. The van der Waals surface area contributed by atoms with Crippen molar-refractivity contribution in [3.8, 4) is 11.3 Å². The molecule has 1 heterocycles. The van der Waals surface area contributed by atoms with Crippen LogP contribution in [0.25, 0.3) is 11.3 Å². The lowest BCUT2D eigenvalue weighted by Gasteiger charge is -2.05. The molecular formula is C13H12BrN3. The summed E-state index contributed by atoms with van der Waals surface area (Å²) in [6.07, 6.45) is 2.36. The maximum Gasteiger partial charge on any atom is 0.134 e. The van der Waals surface area contributed by atoms with Gasteiger partial charge in [-0.3, -0.25) is 0 Å². The van der Waals surface area contributed by atoms with Crippen LogP contribution in [0.4, 0.5) is 5.82 Å². The Hall–Kier alpha value is -1.42. The maximum absolute atomic E-state index is 5.84. The van der Waals surface area contributed by atoms with Crippen LogP contribution in [-0.4, -0.2) is 9.97 Å². The first kappa shape index (κ1) is 10.7. The zero-order valence-electron chi connectivity index (χ0n) is 9.23. The van der Waals surface area contributed by atoms with Gasteiger partial charge in [0.25, 0.3) is 0 Å². The van der Waals surface area contributed by atoms with Crippen molar-refractivity contribution in [1.82, 2.24) is 9.97 Å². The molecule has 2 aromatic rings. The van der Waals surface area contributed by atoms with Crippen LogP contribution in [0.2, 0.25) is 0 Å². The third-order valence-corrected chi connectivity index (χ3v) is 3.32. The SMILES string of the molecule is Nc1cc(-c2cccc(Br)c2)nc(C2CC2)n1. The van der Waals surface area contributed by atoms with E-state index in [9.17, 15) is 0 Å². The fourth-order valence-electron chi connectivity index (χ4n) is 1.81. The third-order valence-electron chi connectivity index (χ3n) is 2.83. The second-order valence-electron chi connectivity index (χ2n) is 4.32. The number of benzene rings is 1. The number of nitrogens with zero attached hydrogens (tertiary/aromatic N) is 2. The van der Waals surface area contributed by atoms with E-state index >= 15 is 0 Å². The quantitative estimate of drug-likeness (QED) is 0.922. The molecule has 0 bridgehead atoms. The maximum atomic E-state index is 5.84. The average molecular weight is 290 g/mol.